The van der Waals surface area contributed by atoms with Crippen LogP contribution in [0.1, 0.15) is 9.75 Å². The van der Waals surface area contributed by atoms with E-state index < -0.39 is 0 Å². The maximum Gasteiger partial charge on any atom is 0.234 e. The van der Waals surface area contributed by atoms with Crippen LogP contribution in [0.3, 0.4) is 0 Å². The van der Waals surface area contributed by atoms with Crippen molar-refractivity contribution in [1.82, 2.24) is 10.2 Å². The van der Waals surface area contributed by atoms with Gasteiger partial charge in [-0.3, -0.25) is 9.69 Å². The molecule has 0 spiro atoms. The molecule has 1 heterocycles. The van der Waals surface area contributed by atoms with Crippen LogP contribution >= 0.6 is 11.3 Å². The van der Waals surface area contributed by atoms with Crippen molar-refractivity contribution in [1.29, 1.82) is 0 Å². The molecule has 0 saturated carbocycles. The van der Waals surface area contributed by atoms with Crippen LogP contribution in [-0.4, -0.2) is 51.2 Å². The van der Waals surface area contributed by atoms with E-state index in [2.05, 4.69) is 17.2 Å². The van der Waals surface area contributed by atoms with E-state index in [1.165, 1.54) is 4.88 Å². The molecule has 5 nitrogen and oxygen atoms in total. The third-order valence-corrected chi connectivity index (χ3v) is 3.43. The van der Waals surface area contributed by atoms with Gasteiger partial charge in [0.25, 0.3) is 0 Å². The summed E-state index contributed by atoms with van der Waals surface area (Å²) in [4.78, 5) is 15.8. The summed E-state index contributed by atoms with van der Waals surface area (Å²) >= 11 is 1.63. The Morgan fingerprint density at radius 1 is 1.55 bits per heavy atom. The molecule has 1 rings (SSSR count). The molecule has 0 saturated heterocycles. The summed E-state index contributed by atoms with van der Waals surface area (Å²) in [7, 11) is 3.53. The van der Waals surface area contributed by atoms with E-state index in [0.29, 0.717) is 26.2 Å². The highest BCUT2D eigenvalue weighted by Gasteiger charge is 2.07. The molecule has 20 heavy (non-hydrogen) atoms. The molecule has 1 aromatic rings. The van der Waals surface area contributed by atoms with Gasteiger partial charge in [0.1, 0.15) is 0 Å². The zero-order valence-corrected chi connectivity index (χ0v) is 12.8. The molecule has 0 bridgehead atoms. The van der Waals surface area contributed by atoms with E-state index in [4.69, 9.17) is 10.5 Å². The van der Waals surface area contributed by atoms with Crippen LogP contribution in [0.4, 0.5) is 0 Å². The fourth-order valence-corrected chi connectivity index (χ4v) is 2.55. The summed E-state index contributed by atoms with van der Waals surface area (Å²) < 4.78 is 4.88. The zero-order valence-electron chi connectivity index (χ0n) is 11.9. The number of nitrogens with zero attached hydrogens (tertiary/aromatic N) is 1. The lowest BCUT2D eigenvalue weighted by Gasteiger charge is -2.15. The maximum absolute atomic E-state index is 11.6. The second-order valence-electron chi connectivity index (χ2n) is 4.29. The Kier molecular flexibility index (Phi) is 7.92. The van der Waals surface area contributed by atoms with Crippen molar-refractivity contribution in [2.75, 3.05) is 40.4 Å². The highest BCUT2D eigenvalue weighted by molar-refractivity contribution is 7.12. The number of amides is 1. The van der Waals surface area contributed by atoms with Crippen LogP contribution in [0.5, 0.6) is 0 Å². The quantitative estimate of drug-likeness (QED) is 0.559. The Labute approximate surface area is 124 Å². The number of ether oxygens (including phenoxy) is 1. The molecule has 0 atom stereocenters. The second kappa shape index (κ2) is 9.50. The standard InChI is InChI=1S/C14H21N3O2S/c1-17(11-14(18)16-8-9-19-2)10-13-6-5-12(20-13)4-3-7-15/h5-6H,7-11,15H2,1-2H3,(H,16,18). The first-order chi connectivity index (χ1) is 9.65. The third-order valence-electron chi connectivity index (χ3n) is 2.44. The molecule has 110 valence electrons. The van der Waals surface area contributed by atoms with Gasteiger partial charge in [-0.25, -0.2) is 0 Å². The van der Waals surface area contributed by atoms with Gasteiger partial charge in [0.05, 0.1) is 24.6 Å². The lowest BCUT2D eigenvalue weighted by atomic mass is 10.4. The Morgan fingerprint density at radius 3 is 3.05 bits per heavy atom. The Morgan fingerprint density at radius 2 is 2.35 bits per heavy atom. The van der Waals surface area contributed by atoms with Crippen LogP contribution in [0.2, 0.25) is 0 Å². The summed E-state index contributed by atoms with van der Waals surface area (Å²) in [6, 6.07) is 4.01. The number of carbonyl (C=O) groups is 1. The number of rotatable bonds is 7. The van der Waals surface area contributed by atoms with E-state index in [1.54, 1.807) is 18.4 Å². The molecule has 0 fully saturated rings. The van der Waals surface area contributed by atoms with Gasteiger partial charge in [-0.05, 0) is 19.2 Å². The number of nitrogens with two attached hydrogens (primary N) is 1. The number of hydrogen-bond donors (Lipinski definition) is 2. The van der Waals surface area contributed by atoms with Crippen LogP contribution in [0, 0.1) is 11.8 Å². The molecule has 0 unspecified atom stereocenters. The predicted molar refractivity (Wildman–Crippen MR) is 81.5 cm³/mol. The van der Waals surface area contributed by atoms with Gasteiger partial charge in [0.2, 0.25) is 5.91 Å². The number of hydrogen-bond acceptors (Lipinski definition) is 5. The topological polar surface area (TPSA) is 67.6 Å². The summed E-state index contributed by atoms with van der Waals surface area (Å²) in [6.07, 6.45) is 0. The molecule has 0 radical (unpaired) electrons. The zero-order chi connectivity index (χ0) is 14.8. The average molecular weight is 295 g/mol. The summed E-state index contributed by atoms with van der Waals surface area (Å²) in [6.45, 7) is 2.54. The first-order valence-electron chi connectivity index (χ1n) is 6.37. The Bertz CT molecular complexity index is 476. The average Bonchev–Trinajstić information content (AvgIpc) is 2.84. The number of carbonyl (C=O) groups excluding carboxylic acids is 1. The minimum absolute atomic E-state index is 0.00394. The fourth-order valence-electron chi connectivity index (χ4n) is 1.58. The first-order valence-corrected chi connectivity index (χ1v) is 7.19. The molecular weight excluding hydrogens is 274 g/mol. The Balaban J connectivity index is 2.36. The van der Waals surface area contributed by atoms with E-state index >= 15 is 0 Å². The van der Waals surface area contributed by atoms with E-state index in [1.807, 2.05) is 24.1 Å². The van der Waals surface area contributed by atoms with E-state index in [-0.39, 0.29) is 5.91 Å². The fraction of sp³-hybridized carbons (Fsp3) is 0.500. The van der Waals surface area contributed by atoms with Gasteiger partial charge in [-0.1, -0.05) is 11.8 Å². The van der Waals surface area contributed by atoms with Crippen molar-refractivity contribution in [2.24, 2.45) is 5.73 Å². The summed E-state index contributed by atoms with van der Waals surface area (Å²) in [5.74, 6) is 5.84. The van der Waals surface area contributed by atoms with Gasteiger partial charge in [-0.15, -0.1) is 11.3 Å². The van der Waals surface area contributed by atoms with Crippen LogP contribution < -0.4 is 11.1 Å². The molecule has 6 heteroatoms. The molecule has 1 amide bonds. The van der Waals surface area contributed by atoms with Crippen molar-refractivity contribution >= 4 is 17.2 Å². The molecule has 3 N–H and O–H groups in total. The molecule has 0 aliphatic rings. The number of likely N-dealkylation sites (N-methyl/N-ethyl adjacent to an activating group) is 1. The number of nitrogens with one attached hydrogen (secondary N) is 1. The summed E-state index contributed by atoms with van der Waals surface area (Å²) in [5.41, 5.74) is 5.34. The molecule has 0 aromatic carbocycles. The smallest absolute Gasteiger partial charge is 0.234 e. The minimum atomic E-state index is 0.00394. The van der Waals surface area contributed by atoms with Gasteiger partial charge in [0.15, 0.2) is 0 Å². The van der Waals surface area contributed by atoms with Crippen LogP contribution in [0.25, 0.3) is 0 Å². The van der Waals surface area contributed by atoms with Gasteiger partial charge >= 0.3 is 0 Å². The molecule has 1 aromatic heterocycles. The lowest BCUT2D eigenvalue weighted by molar-refractivity contribution is -0.122. The predicted octanol–water partition coefficient (Wildman–Crippen LogP) is 0.253. The maximum atomic E-state index is 11.6. The Hall–Kier alpha value is -1.39. The SMILES string of the molecule is COCCNC(=O)CN(C)Cc1ccc(C#CCN)s1. The first kappa shape index (κ1) is 16.7. The van der Waals surface area contributed by atoms with Crippen LogP contribution in [-0.2, 0) is 16.1 Å². The van der Waals surface area contributed by atoms with Crippen molar-refractivity contribution in [3.63, 3.8) is 0 Å². The van der Waals surface area contributed by atoms with Crippen LogP contribution in [0.15, 0.2) is 12.1 Å². The molecular formula is C14H21N3O2S. The minimum Gasteiger partial charge on any atom is -0.383 e. The van der Waals surface area contributed by atoms with E-state index in [9.17, 15) is 4.79 Å². The van der Waals surface area contributed by atoms with Crippen molar-refractivity contribution in [3.05, 3.63) is 21.9 Å². The van der Waals surface area contributed by atoms with Gasteiger partial charge < -0.3 is 15.8 Å². The van der Waals surface area contributed by atoms with Crippen molar-refractivity contribution in [2.45, 2.75) is 6.54 Å². The monoisotopic (exact) mass is 295 g/mol. The number of thiophene rings is 1. The molecule has 0 aliphatic heterocycles. The van der Waals surface area contributed by atoms with Crippen molar-refractivity contribution < 1.29 is 9.53 Å². The largest absolute Gasteiger partial charge is 0.383 e. The highest BCUT2D eigenvalue weighted by atomic mass is 32.1. The van der Waals surface area contributed by atoms with Gasteiger partial charge in [0, 0.05) is 25.1 Å². The normalized spacial score (nSPS) is 10.2. The van der Waals surface area contributed by atoms with Crippen molar-refractivity contribution in [3.8, 4) is 11.8 Å². The summed E-state index contributed by atoms with van der Waals surface area (Å²) in [5, 5.41) is 2.79. The third kappa shape index (κ3) is 6.68. The molecule has 0 aliphatic carbocycles. The van der Waals surface area contributed by atoms with Gasteiger partial charge in [-0.2, -0.15) is 0 Å². The second-order valence-corrected chi connectivity index (χ2v) is 5.46. The van der Waals surface area contributed by atoms with E-state index in [0.717, 1.165) is 11.4 Å². The number of methoxy groups -OCH3 is 1. The lowest BCUT2D eigenvalue weighted by Crippen LogP contribution is -2.36. The highest BCUT2D eigenvalue weighted by Crippen LogP contribution is 2.16.